The molecule has 0 amide bonds. The van der Waals surface area contributed by atoms with Crippen molar-refractivity contribution in [3.8, 4) is 0 Å². The first-order valence-electron chi connectivity index (χ1n) is 8.67. The van der Waals surface area contributed by atoms with Crippen LogP contribution in [0, 0.1) is 5.92 Å². The SMILES string of the molecule is C=C(CC[C@H](O)[C@H](C)C(=C)C/C=C/C(=O)OCC)CC(C)=C(C)C. The highest BCUT2D eigenvalue weighted by Crippen LogP contribution is 2.23. The Morgan fingerprint density at radius 3 is 2.42 bits per heavy atom. The lowest BCUT2D eigenvalue weighted by atomic mass is 9.89. The van der Waals surface area contributed by atoms with Gasteiger partial charge in [-0.3, -0.25) is 0 Å². The maximum atomic E-state index is 11.2. The number of ether oxygens (including phenoxy) is 1. The minimum absolute atomic E-state index is 0.0193. The summed E-state index contributed by atoms with van der Waals surface area (Å²) in [6.07, 6.45) is 5.65. The van der Waals surface area contributed by atoms with Crippen LogP contribution in [-0.4, -0.2) is 23.8 Å². The number of hydrogen-bond donors (Lipinski definition) is 1. The molecule has 0 aromatic carbocycles. The molecule has 0 saturated carbocycles. The van der Waals surface area contributed by atoms with Crippen molar-refractivity contribution in [2.75, 3.05) is 6.61 Å². The van der Waals surface area contributed by atoms with E-state index >= 15 is 0 Å². The van der Waals surface area contributed by atoms with Crippen molar-refractivity contribution in [2.45, 2.75) is 66.4 Å². The highest BCUT2D eigenvalue weighted by molar-refractivity contribution is 5.81. The van der Waals surface area contributed by atoms with E-state index < -0.39 is 6.10 Å². The van der Waals surface area contributed by atoms with Crippen LogP contribution in [0.25, 0.3) is 0 Å². The molecule has 2 atom stereocenters. The van der Waals surface area contributed by atoms with Crippen LogP contribution in [0.3, 0.4) is 0 Å². The zero-order chi connectivity index (χ0) is 18.7. The molecular formula is C21H34O3. The van der Waals surface area contributed by atoms with Crippen molar-refractivity contribution >= 4 is 5.97 Å². The summed E-state index contributed by atoms with van der Waals surface area (Å²) < 4.78 is 4.83. The summed E-state index contributed by atoms with van der Waals surface area (Å²) in [5.41, 5.74) is 4.73. The van der Waals surface area contributed by atoms with E-state index in [2.05, 4.69) is 33.9 Å². The summed E-state index contributed by atoms with van der Waals surface area (Å²) in [6, 6.07) is 0. The van der Waals surface area contributed by atoms with Gasteiger partial charge in [0.1, 0.15) is 0 Å². The van der Waals surface area contributed by atoms with Crippen LogP contribution in [0.5, 0.6) is 0 Å². The van der Waals surface area contributed by atoms with Crippen molar-refractivity contribution in [3.05, 3.63) is 47.6 Å². The van der Waals surface area contributed by atoms with Gasteiger partial charge in [-0.05, 0) is 53.4 Å². The topological polar surface area (TPSA) is 46.5 Å². The van der Waals surface area contributed by atoms with Gasteiger partial charge in [-0.25, -0.2) is 4.79 Å². The number of carbonyl (C=O) groups excluding carboxylic acids is 1. The van der Waals surface area contributed by atoms with E-state index in [4.69, 9.17) is 4.74 Å². The first kappa shape index (κ1) is 22.4. The predicted molar refractivity (Wildman–Crippen MR) is 102 cm³/mol. The fourth-order valence-electron chi connectivity index (χ4n) is 2.20. The standard InChI is InChI=1S/C21H34O3/c1-8-24-21(23)11-9-10-17(5)19(7)20(22)13-12-16(4)14-18(6)15(2)3/h9,11,19-20,22H,4-5,8,10,12-14H2,1-3,6-7H3/b11-9+/t19-,20+/m1/s1. The highest BCUT2D eigenvalue weighted by atomic mass is 16.5. The summed E-state index contributed by atoms with van der Waals surface area (Å²) in [6.45, 7) is 18.6. The average molecular weight is 335 g/mol. The zero-order valence-corrected chi connectivity index (χ0v) is 16.0. The molecule has 0 unspecified atom stereocenters. The van der Waals surface area contributed by atoms with Gasteiger partial charge >= 0.3 is 5.97 Å². The smallest absolute Gasteiger partial charge is 0.330 e. The average Bonchev–Trinajstić information content (AvgIpc) is 2.51. The number of hydrogen-bond acceptors (Lipinski definition) is 3. The predicted octanol–water partition coefficient (Wildman–Crippen LogP) is 5.13. The third-order valence-corrected chi connectivity index (χ3v) is 4.30. The lowest BCUT2D eigenvalue weighted by Gasteiger charge is -2.21. The van der Waals surface area contributed by atoms with Crippen molar-refractivity contribution in [1.29, 1.82) is 0 Å². The summed E-state index contributed by atoms with van der Waals surface area (Å²) >= 11 is 0. The molecule has 0 saturated heterocycles. The van der Waals surface area contributed by atoms with E-state index in [9.17, 15) is 9.90 Å². The zero-order valence-electron chi connectivity index (χ0n) is 16.0. The van der Waals surface area contributed by atoms with E-state index in [-0.39, 0.29) is 11.9 Å². The molecule has 0 spiro atoms. The van der Waals surface area contributed by atoms with E-state index in [1.54, 1.807) is 13.0 Å². The minimum atomic E-state index is -0.447. The van der Waals surface area contributed by atoms with Gasteiger partial charge in [0.05, 0.1) is 12.7 Å². The Morgan fingerprint density at radius 1 is 1.25 bits per heavy atom. The van der Waals surface area contributed by atoms with Gasteiger partial charge in [-0.2, -0.15) is 0 Å². The fourth-order valence-corrected chi connectivity index (χ4v) is 2.20. The third-order valence-electron chi connectivity index (χ3n) is 4.30. The first-order chi connectivity index (χ1) is 11.2. The summed E-state index contributed by atoms with van der Waals surface area (Å²) in [4.78, 5) is 11.2. The third kappa shape index (κ3) is 9.51. The molecule has 0 aromatic rings. The highest BCUT2D eigenvalue weighted by Gasteiger charge is 2.16. The van der Waals surface area contributed by atoms with Crippen LogP contribution in [0.1, 0.15) is 60.3 Å². The Balaban J connectivity index is 4.28. The summed E-state index contributed by atoms with van der Waals surface area (Å²) in [5.74, 6) is -0.362. The maximum Gasteiger partial charge on any atom is 0.330 e. The number of aliphatic hydroxyl groups is 1. The molecule has 0 heterocycles. The second-order valence-electron chi connectivity index (χ2n) is 6.62. The lowest BCUT2D eigenvalue weighted by molar-refractivity contribution is -0.137. The molecule has 3 heteroatoms. The Hall–Kier alpha value is -1.61. The van der Waals surface area contributed by atoms with Crippen molar-refractivity contribution in [3.63, 3.8) is 0 Å². The van der Waals surface area contributed by atoms with Crippen LogP contribution < -0.4 is 0 Å². The molecule has 1 N–H and O–H groups in total. The molecule has 3 nitrogen and oxygen atoms in total. The molecule has 0 aliphatic carbocycles. The quantitative estimate of drug-likeness (QED) is 0.323. The monoisotopic (exact) mass is 334 g/mol. The Bertz CT molecular complexity index is 493. The van der Waals surface area contributed by atoms with Crippen molar-refractivity contribution in [2.24, 2.45) is 5.92 Å². The van der Waals surface area contributed by atoms with Gasteiger partial charge in [-0.15, -0.1) is 0 Å². The number of aliphatic hydroxyl groups excluding tert-OH is 1. The Morgan fingerprint density at radius 2 is 1.88 bits per heavy atom. The number of carbonyl (C=O) groups is 1. The van der Waals surface area contributed by atoms with Gasteiger partial charge < -0.3 is 9.84 Å². The second kappa shape index (κ2) is 11.9. The van der Waals surface area contributed by atoms with Gasteiger partial charge in [0.2, 0.25) is 0 Å². The van der Waals surface area contributed by atoms with Crippen LogP contribution >= 0.6 is 0 Å². The van der Waals surface area contributed by atoms with Gasteiger partial charge in [0.15, 0.2) is 0 Å². The Labute approximate surface area is 147 Å². The number of esters is 1. The minimum Gasteiger partial charge on any atom is -0.463 e. The normalized spacial score (nSPS) is 13.4. The Kier molecular flexibility index (Phi) is 11.1. The molecule has 0 radical (unpaired) electrons. The van der Waals surface area contributed by atoms with Crippen LogP contribution in [0.15, 0.2) is 47.6 Å². The number of allylic oxidation sites excluding steroid dienone is 4. The van der Waals surface area contributed by atoms with E-state index in [1.807, 2.05) is 6.92 Å². The van der Waals surface area contributed by atoms with Crippen LogP contribution in [0.4, 0.5) is 0 Å². The van der Waals surface area contributed by atoms with E-state index in [1.165, 1.54) is 17.2 Å². The van der Waals surface area contributed by atoms with Crippen molar-refractivity contribution < 1.29 is 14.6 Å². The second-order valence-corrected chi connectivity index (χ2v) is 6.62. The molecule has 0 aliphatic rings. The maximum absolute atomic E-state index is 11.2. The lowest BCUT2D eigenvalue weighted by Crippen LogP contribution is -2.19. The molecule has 24 heavy (non-hydrogen) atoms. The largest absolute Gasteiger partial charge is 0.463 e. The fraction of sp³-hybridized carbons (Fsp3) is 0.571. The van der Waals surface area contributed by atoms with Crippen LogP contribution in [0.2, 0.25) is 0 Å². The van der Waals surface area contributed by atoms with Crippen molar-refractivity contribution in [1.82, 2.24) is 0 Å². The molecule has 0 rings (SSSR count). The molecule has 136 valence electrons. The summed E-state index contributed by atoms with van der Waals surface area (Å²) in [7, 11) is 0. The molecule has 0 fully saturated rings. The molecule has 0 bridgehead atoms. The van der Waals surface area contributed by atoms with E-state index in [0.29, 0.717) is 19.4 Å². The van der Waals surface area contributed by atoms with Gasteiger partial charge in [0.25, 0.3) is 0 Å². The molecule has 0 aromatic heterocycles. The first-order valence-corrected chi connectivity index (χ1v) is 8.67. The molecular weight excluding hydrogens is 300 g/mol. The summed E-state index contributed by atoms with van der Waals surface area (Å²) in [5, 5.41) is 10.3. The van der Waals surface area contributed by atoms with Crippen LogP contribution in [-0.2, 0) is 9.53 Å². The van der Waals surface area contributed by atoms with Gasteiger partial charge in [-0.1, -0.05) is 48.5 Å². The van der Waals surface area contributed by atoms with E-state index in [0.717, 1.165) is 24.0 Å². The van der Waals surface area contributed by atoms with Gasteiger partial charge in [0, 0.05) is 12.0 Å². The molecule has 0 aliphatic heterocycles. The number of rotatable bonds is 11.